The summed E-state index contributed by atoms with van der Waals surface area (Å²) in [5.41, 5.74) is 1.35. The van der Waals surface area contributed by atoms with Crippen LogP contribution in [0.2, 0.25) is 0 Å². The third kappa shape index (κ3) is 2.61. The van der Waals surface area contributed by atoms with Crippen LogP contribution in [0.5, 0.6) is 5.88 Å². The van der Waals surface area contributed by atoms with E-state index >= 15 is 0 Å². The molecule has 1 aromatic heterocycles. The van der Waals surface area contributed by atoms with Crippen molar-refractivity contribution in [2.24, 2.45) is 0 Å². The van der Waals surface area contributed by atoms with Crippen molar-refractivity contribution in [1.29, 1.82) is 0 Å². The molecule has 5 heteroatoms. The second-order valence-corrected chi connectivity index (χ2v) is 5.11. The first-order valence-electron chi connectivity index (χ1n) is 6.06. The van der Waals surface area contributed by atoms with Crippen LogP contribution in [0, 0.1) is 0 Å². The second-order valence-electron chi connectivity index (χ2n) is 5.11. The molecular weight excluding hydrogens is 230 g/mol. The maximum atomic E-state index is 11.1. The fraction of sp³-hybridized carbons (Fsp3) is 0.538. The number of aldehydes is 1. The Bertz CT molecular complexity index is 446. The molecule has 0 aromatic carbocycles. The molecule has 0 unspecified atom stereocenters. The van der Waals surface area contributed by atoms with E-state index in [9.17, 15) is 4.79 Å². The minimum absolute atomic E-state index is 0.0400. The average molecular weight is 249 g/mol. The maximum absolute atomic E-state index is 11.1. The first kappa shape index (κ1) is 12.8. The highest BCUT2D eigenvalue weighted by Crippen LogP contribution is 2.24. The number of methoxy groups -OCH3 is 1. The molecule has 0 aliphatic carbocycles. The fourth-order valence-electron chi connectivity index (χ4n) is 2.26. The molecule has 0 atom stereocenters. The van der Waals surface area contributed by atoms with Gasteiger partial charge in [-0.05, 0) is 19.9 Å². The van der Waals surface area contributed by atoms with Gasteiger partial charge < -0.3 is 15.0 Å². The predicted octanol–water partition coefficient (Wildman–Crippen LogP) is 1.09. The quantitative estimate of drug-likeness (QED) is 0.813. The number of rotatable bonds is 3. The fourth-order valence-corrected chi connectivity index (χ4v) is 2.26. The van der Waals surface area contributed by atoms with E-state index in [-0.39, 0.29) is 5.54 Å². The van der Waals surface area contributed by atoms with Gasteiger partial charge in [-0.2, -0.15) is 0 Å². The highest BCUT2D eigenvalue weighted by molar-refractivity contribution is 5.82. The van der Waals surface area contributed by atoms with Gasteiger partial charge in [0.2, 0.25) is 5.88 Å². The zero-order valence-electron chi connectivity index (χ0n) is 11.1. The number of hydrogen-bond donors (Lipinski definition) is 1. The summed E-state index contributed by atoms with van der Waals surface area (Å²) in [4.78, 5) is 17.5. The van der Waals surface area contributed by atoms with Gasteiger partial charge in [0.05, 0.1) is 12.8 Å². The van der Waals surface area contributed by atoms with E-state index in [0.29, 0.717) is 11.6 Å². The molecule has 98 valence electrons. The van der Waals surface area contributed by atoms with E-state index in [1.807, 2.05) is 6.07 Å². The van der Waals surface area contributed by atoms with Gasteiger partial charge in [-0.3, -0.25) is 4.79 Å². The van der Waals surface area contributed by atoms with Crippen molar-refractivity contribution in [1.82, 2.24) is 10.3 Å². The third-order valence-electron chi connectivity index (χ3n) is 3.11. The molecule has 0 radical (unpaired) electrons. The molecule has 1 aliphatic heterocycles. The van der Waals surface area contributed by atoms with Gasteiger partial charge in [-0.1, -0.05) is 0 Å². The van der Waals surface area contributed by atoms with Crippen LogP contribution in [0.1, 0.15) is 24.3 Å². The van der Waals surface area contributed by atoms with Crippen LogP contribution >= 0.6 is 0 Å². The Hall–Kier alpha value is -1.62. The van der Waals surface area contributed by atoms with Gasteiger partial charge in [0, 0.05) is 31.2 Å². The monoisotopic (exact) mass is 249 g/mol. The van der Waals surface area contributed by atoms with E-state index in [0.717, 1.165) is 31.6 Å². The van der Waals surface area contributed by atoms with Gasteiger partial charge in [0.15, 0.2) is 6.29 Å². The largest absolute Gasteiger partial charge is 0.481 e. The molecule has 0 amide bonds. The first-order valence-corrected chi connectivity index (χ1v) is 6.06. The lowest BCUT2D eigenvalue weighted by Crippen LogP contribution is -2.57. The maximum Gasteiger partial charge on any atom is 0.213 e. The van der Waals surface area contributed by atoms with Crippen molar-refractivity contribution in [3.63, 3.8) is 0 Å². The summed E-state index contributed by atoms with van der Waals surface area (Å²) in [5, 5.41) is 3.44. The summed E-state index contributed by atoms with van der Waals surface area (Å²) in [6, 6.07) is 3.69. The summed E-state index contributed by atoms with van der Waals surface area (Å²) < 4.78 is 5.04. The summed E-state index contributed by atoms with van der Waals surface area (Å²) >= 11 is 0. The number of aromatic nitrogens is 1. The van der Waals surface area contributed by atoms with Crippen LogP contribution in [-0.4, -0.2) is 43.6 Å². The number of nitrogens with one attached hydrogen (secondary N) is 1. The zero-order valence-corrected chi connectivity index (χ0v) is 11.1. The Kier molecular flexibility index (Phi) is 3.52. The molecule has 0 spiro atoms. The Labute approximate surface area is 107 Å². The zero-order chi connectivity index (χ0) is 13.2. The molecular formula is C13H19N3O2. The van der Waals surface area contributed by atoms with Crippen LogP contribution in [0.25, 0.3) is 0 Å². The van der Waals surface area contributed by atoms with Gasteiger partial charge in [-0.15, -0.1) is 0 Å². The number of hydrogen-bond acceptors (Lipinski definition) is 5. The van der Waals surface area contributed by atoms with E-state index in [1.54, 1.807) is 13.2 Å². The molecule has 1 saturated heterocycles. The molecule has 2 heterocycles. The van der Waals surface area contributed by atoms with Crippen LogP contribution < -0.4 is 15.0 Å². The summed E-state index contributed by atoms with van der Waals surface area (Å²) in [6.45, 7) is 6.92. The van der Waals surface area contributed by atoms with Gasteiger partial charge >= 0.3 is 0 Å². The molecule has 1 aliphatic rings. The van der Waals surface area contributed by atoms with Crippen LogP contribution in [0.15, 0.2) is 12.1 Å². The Morgan fingerprint density at radius 3 is 2.89 bits per heavy atom. The summed E-state index contributed by atoms with van der Waals surface area (Å²) in [7, 11) is 1.55. The number of piperazine rings is 1. The number of carbonyl (C=O) groups is 1. The standard InChI is InChI=1S/C13H19N3O2/c1-13(2)9-16(7-6-14-13)11-4-5-12(18-3)15-10(11)8-17/h4-5,8,14H,6-7,9H2,1-3H3. The molecule has 0 saturated carbocycles. The van der Waals surface area contributed by atoms with Crippen molar-refractivity contribution in [2.45, 2.75) is 19.4 Å². The molecule has 0 bridgehead atoms. The van der Waals surface area contributed by atoms with E-state index in [4.69, 9.17) is 4.74 Å². The topological polar surface area (TPSA) is 54.5 Å². The Balaban J connectivity index is 2.29. The van der Waals surface area contributed by atoms with E-state index < -0.39 is 0 Å². The van der Waals surface area contributed by atoms with Crippen molar-refractivity contribution < 1.29 is 9.53 Å². The average Bonchev–Trinajstić information content (AvgIpc) is 2.36. The number of anilines is 1. The van der Waals surface area contributed by atoms with Crippen molar-refractivity contribution in [3.05, 3.63) is 17.8 Å². The summed E-state index contributed by atoms with van der Waals surface area (Å²) in [5.74, 6) is 0.468. The first-order chi connectivity index (χ1) is 8.55. The number of ether oxygens (including phenoxy) is 1. The van der Waals surface area contributed by atoms with Crippen LogP contribution in [0.4, 0.5) is 5.69 Å². The van der Waals surface area contributed by atoms with Crippen LogP contribution in [0.3, 0.4) is 0 Å². The lowest BCUT2D eigenvalue weighted by Gasteiger charge is -2.40. The molecule has 5 nitrogen and oxygen atoms in total. The van der Waals surface area contributed by atoms with Crippen LogP contribution in [-0.2, 0) is 0 Å². The number of pyridine rings is 1. The van der Waals surface area contributed by atoms with Gasteiger partial charge in [0.1, 0.15) is 5.69 Å². The van der Waals surface area contributed by atoms with E-state index in [2.05, 4.69) is 29.0 Å². The number of nitrogens with zero attached hydrogens (tertiary/aromatic N) is 2. The predicted molar refractivity (Wildman–Crippen MR) is 70.5 cm³/mol. The number of carbonyl (C=O) groups excluding carboxylic acids is 1. The minimum Gasteiger partial charge on any atom is -0.481 e. The van der Waals surface area contributed by atoms with Crippen molar-refractivity contribution in [3.8, 4) is 5.88 Å². The SMILES string of the molecule is COc1ccc(N2CCNC(C)(C)C2)c(C=O)n1. The third-order valence-corrected chi connectivity index (χ3v) is 3.11. The van der Waals surface area contributed by atoms with E-state index in [1.165, 1.54) is 0 Å². The lowest BCUT2D eigenvalue weighted by molar-refractivity contribution is 0.111. The highest BCUT2D eigenvalue weighted by Gasteiger charge is 2.27. The molecule has 1 aromatic rings. The summed E-state index contributed by atoms with van der Waals surface area (Å²) in [6.07, 6.45) is 0.785. The van der Waals surface area contributed by atoms with Crippen molar-refractivity contribution in [2.75, 3.05) is 31.6 Å². The lowest BCUT2D eigenvalue weighted by atomic mass is 10.0. The second kappa shape index (κ2) is 4.94. The highest BCUT2D eigenvalue weighted by atomic mass is 16.5. The molecule has 2 rings (SSSR count). The molecule has 1 fully saturated rings. The van der Waals surface area contributed by atoms with Crippen molar-refractivity contribution >= 4 is 12.0 Å². The van der Waals surface area contributed by atoms with Gasteiger partial charge in [-0.25, -0.2) is 4.98 Å². The molecule has 1 N–H and O–H groups in total. The molecule has 18 heavy (non-hydrogen) atoms. The van der Waals surface area contributed by atoms with Gasteiger partial charge in [0.25, 0.3) is 0 Å². The smallest absolute Gasteiger partial charge is 0.213 e. The Morgan fingerprint density at radius 1 is 1.50 bits per heavy atom. The minimum atomic E-state index is 0.0400. The Morgan fingerprint density at radius 2 is 2.28 bits per heavy atom. The normalized spacial score (nSPS) is 18.5.